The summed E-state index contributed by atoms with van der Waals surface area (Å²) in [6.45, 7) is 0. The minimum atomic E-state index is -4.00. The van der Waals surface area contributed by atoms with E-state index in [2.05, 4.69) is 4.98 Å². The fourth-order valence-corrected chi connectivity index (χ4v) is 4.38. The molecule has 0 saturated carbocycles. The molecular weight excluding hydrogens is 415 g/mol. The van der Waals surface area contributed by atoms with Gasteiger partial charge in [-0.25, -0.2) is 4.98 Å². The quantitative estimate of drug-likeness (QED) is 0.425. The lowest BCUT2D eigenvalue weighted by atomic mass is 10.2. The molecule has 2 aromatic carbocycles. The van der Waals surface area contributed by atoms with E-state index in [-0.39, 0.29) is 20.7 Å². The number of hydrogen-bond acceptors (Lipinski definition) is 5. The van der Waals surface area contributed by atoms with Crippen LogP contribution < -0.4 is 4.18 Å². The van der Waals surface area contributed by atoms with Gasteiger partial charge in [-0.15, -0.1) is 11.3 Å². The Balaban J connectivity index is 1.58. The molecule has 0 radical (unpaired) electrons. The molecule has 0 N–H and O–H groups in total. The average Bonchev–Trinajstić information content (AvgIpc) is 3.19. The predicted molar refractivity (Wildman–Crippen MR) is 103 cm³/mol. The zero-order valence-electron chi connectivity index (χ0n) is 13.0. The van der Waals surface area contributed by atoms with E-state index in [0.717, 1.165) is 16.2 Å². The van der Waals surface area contributed by atoms with Gasteiger partial charge in [0.05, 0.1) is 15.7 Å². The highest BCUT2D eigenvalue weighted by Crippen LogP contribution is 2.28. The van der Waals surface area contributed by atoms with E-state index in [0.29, 0.717) is 0 Å². The molecule has 0 aliphatic heterocycles. The number of halogens is 2. The minimum Gasteiger partial charge on any atom is -0.379 e. The second kappa shape index (κ2) is 6.59. The third-order valence-corrected chi connectivity index (χ3v) is 6.38. The van der Waals surface area contributed by atoms with Gasteiger partial charge in [-0.3, -0.25) is 4.40 Å². The molecule has 2 aromatic heterocycles. The largest absolute Gasteiger partial charge is 0.379 e. The highest BCUT2D eigenvalue weighted by atomic mass is 35.5. The van der Waals surface area contributed by atoms with Crippen molar-refractivity contribution in [1.29, 1.82) is 0 Å². The lowest BCUT2D eigenvalue weighted by molar-refractivity contribution is 0.486. The molecule has 26 heavy (non-hydrogen) atoms. The van der Waals surface area contributed by atoms with Gasteiger partial charge < -0.3 is 4.18 Å². The molecule has 0 amide bonds. The first kappa shape index (κ1) is 17.4. The van der Waals surface area contributed by atoms with Gasteiger partial charge >= 0.3 is 10.1 Å². The SMILES string of the molecule is O=S(=O)(Oc1ccc(-c2cn3ccsc3n2)cc1)c1ccc(Cl)c(Cl)c1. The molecule has 0 aliphatic rings. The molecule has 4 aromatic rings. The van der Waals surface area contributed by atoms with Crippen molar-refractivity contribution in [3.05, 3.63) is 70.3 Å². The number of benzene rings is 2. The number of imidazole rings is 1. The maximum atomic E-state index is 12.4. The van der Waals surface area contributed by atoms with E-state index in [9.17, 15) is 8.42 Å². The molecule has 0 unspecified atom stereocenters. The van der Waals surface area contributed by atoms with Crippen molar-refractivity contribution in [2.75, 3.05) is 0 Å². The van der Waals surface area contributed by atoms with Crippen molar-refractivity contribution in [1.82, 2.24) is 9.38 Å². The topological polar surface area (TPSA) is 60.7 Å². The van der Waals surface area contributed by atoms with Crippen LogP contribution in [0.25, 0.3) is 16.2 Å². The fraction of sp³-hybridized carbons (Fsp3) is 0. The van der Waals surface area contributed by atoms with Crippen molar-refractivity contribution in [2.24, 2.45) is 0 Å². The van der Waals surface area contributed by atoms with Crippen LogP contribution in [-0.2, 0) is 10.1 Å². The van der Waals surface area contributed by atoms with Crippen molar-refractivity contribution in [3.63, 3.8) is 0 Å². The van der Waals surface area contributed by atoms with Gasteiger partial charge in [-0.2, -0.15) is 8.42 Å². The Morgan fingerprint density at radius 2 is 1.81 bits per heavy atom. The van der Waals surface area contributed by atoms with Gasteiger partial charge in [0, 0.05) is 23.3 Å². The second-order valence-electron chi connectivity index (χ2n) is 5.36. The van der Waals surface area contributed by atoms with Crippen LogP contribution in [0.15, 0.2) is 65.1 Å². The number of nitrogens with zero attached hydrogens (tertiary/aromatic N) is 2. The van der Waals surface area contributed by atoms with Crippen molar-refractivity contribution >= 4 is 49.6 Å². The molecule has 0 spiro atoms. The summed E-state index contributed by atoms with van der Waals surface area (Å²) in [5.74, 6) is 0.195. The molecule has 0 bridgehead atoms. The lowest BCUT2D eigenvalue weighted by Crippen LogP contribution is -2.09. The molecule has 4 rings (SSSR count). The average molecular weight is 425 g/mol. The molecule has 0 atom stereocenters. The molecule has 0 saturated heterocycles. The second-order valence-corrected chi connectivity index (χ2v) is 8.59. The molecule has 0 fully saturated rings. The molecule has 9 heteroatoms. The number of thiazole rings is 1. The van der Waals surface area contributed by atoms with E-state index in [1.54, 1.807) is 35.6 Å². The highest BCUT2D eigenvalue weighted by molar-refractivity contribution is 7.87. The smallest absolute Gasteiger partial charge is 0.339 e. The summed E-state index contributed by atoms with van der Waals surface area (Å²) < 4.78 is 31.8. The minimum absolute atomic E-state index is 0.0645. The summed E-state index contributed by atoms with van der Waals surface area (Å²) in [6, 6.07) is 10.7. The van der Waals surface area contributed by atoms with E-state index in [1.807, 2.05) is 22.2 Å². The first-order chi connectivity index (χ1) is 12.4. The predicted octanol–water partition coefficient (Wildman–Crippen LogP) is 5.14. The summed E-state index contributed by atoms with van der Waals surface area (Å²) in [7, 11) is -4.00. The molecule has 132 valence electrons. The Hall–Kier alpha value is -2.06. The Morgan fingerprint density at radius 3 is 2.50 bits per heavy atom. The summed E-state index contributed by atoms with van der Waals surface area (Å²) >= 11 is 13.2. The summed E-state index contributed by atoms with van der Waals surface area (Å²) in [5.41, 5.74) is 1.66. The van der Waals surface area contributed by atoms with E-state index >= 15 is 0 Å². The normalized spacial score (nSPS) is 11.8. The maximum Gasteiger partial charge on any atom is 0.339 e. The van der Waals surface area contributed by atoms with Gasteiger partial charge in [0.1, 0.15) is 10.6 Å². The summed E-state index contributed by atoms with van der Waals surface area (Å²) in [5, 5.41) is 2.37. The maximum absolute atomic E-state index is 12.4. The van der Waals surface area contributed by atoms with E-state index < -0.39 is 10.1 Å². The van der Waals surface area contributed by atoms with Crippen LogP contribution in [0.4, 0.5) is 0 Å². The van der Waals surface area contributed by atoms with Crippen LogP contribution in [0.3, 0.4) is 0 Å². The van der Waals surface area contributed by atoms with Gasteiger partial charge in [0.25, 0.3) is 0 Å². The third kappa shape index (κ3) is 3.31. The monoisotopic (exact) mass is 424 g/mol. The van der Waals surface area contributed by atoms with Crippen LogP contribution >= 0.6 is 34.5 Å². The number of aromatic nitrogens is 2. The fourth-order valence-electron chi connectivity index (χ4n) is 2.35. The molecule has 2 heterocycles. The van der Waals surface area contributed by atoms with Crippen LogP contribution in [0.1, 0.15) is 0 Å². The highest BCUT2D eigenvalue weighted by Gasteiger charge is 2.18. The zero-order chi connectivity index (χ0) is 18.3. The van der Waals surface area contributed by atoms with E-state index in [4.69, 9.17) is 27.4 Å². The first-order valence-electron chi connectivity index (χ1n) is 7.34. The standard InChI is InChI=1S/C17H10Cl2N2O3S2/c18-14-6-5-13(9-15(14)19)26(22,23)24-12-3-1-11(2-4-12)16-10-21-7-8-25-17(21)20-16/h1-10H. The molecule has 5 nitrogen and oxygen atoms in total. The lowest BCUT2D eigenvalue weighted by Gasteiger charge is -2.08. The van der Waals surface area contributed by atoms with E-state index in [1.165, 1.54) is 18.2 Å². The van der Waals surface area contributed by atoms with Crippen LogP contribution in [0.5, 0.6) is 5.75 Å². The van der Waals surface area contributed by atoms with Crippen LogP contribution in [0, 0.1) is 0 Å². The Labute approximate surface area is 163 Å². The zero-order valence-corrected chi connectivity index (χ0v) is 16.1. The molecule has 0 aliphatic carbocycles. The Morgan fingerprint density at radius 1 is 1.04 bits per heavy atom. The summed E-state index contributed by atoms with van der Waals surface area (Å²) in [4.78, 5) is 5.33. The van der Waals surface area contributed by atoms with Crippen LogP contribution in [0.2, 0.25) is 10.0 Å². The van der Waals surface area contributed by atoms with Crippen molar-refractivity contribution in [3.8, 4) is 17.0 Å². The molecular formula is C17H10Cl2N2O3S2. The number of fused-ring (bicyclic) bond motifs is 1. The Kier molecular flexibility index (Phi) is 4.40. The first-order valence-corrected chi connectivity index (χ1v) is 10.4. The third-order valence-electron chi connectivity index (χ3n) is 3.63. The van der Waals surface area contributed by atoms with Gasteiger partial charge in [-0.1, -0.05) is 23.2 Å². The van der Waals surface area contributed by atoms with Gasteiger partial charge in [-0.05, 0) is 42.5 Å². The summed E-state index contributed by atoms with van der Waals surface area (Å²) in [6.07, 6.45) is 3.84. The Bertz CT molecular complexity index is 1170. The van der Waals surface area contributed by atoms with Gasteiger partial charge in [0.2, 0.25) is 0 Å². The van der Waals surface area contributed by atoms with Gasteiger partial charge in [0.15, 0.2) is 4.96 Å². The number of rotatable bonds is 4. The number of hydrogen-bond donors (Lipinski definition) is 0. The van der Waals surface area contributed by atoms with Crippen LogP contribution in [-0.4, -0.2) is 17.8 Å². The van der Waals surface area contributed by atoms with Crippen molar-refractivity contribution in [2.45, 2.75) is 4.90 Å². The van der Waals surface area contributed by atoms with Crippen molar-refractivity contribution < 1.29 is 12.6 Å².